The third-order valence-corrected chi connectivity index (χ3v) is 6.30. The van der Waals surface area contributed by atoms with Crippen molar-refractivity contribution in [2.45, 2.75) is 26.7 Å². The van der Waals surface area contributed by atoms with Gasteiger partial charge in [-0.05, 0) is 60.7 Å². The molecule has 0 saturated carbocycles. The summed E-state index contributed by atoms with van der Waals surface area (Å²) in [4.78, 5) is 15.2. The SMILES string of the molecule is Cc1ccc(C2=Cc3ccc(C)cc3C(C[N+](=O)[O-])c3c2[nH]c2cccc(C)c32)cc1. The van der Waals surface area contributed by atoms with Crippen LogP contribution in [0.2, 0.25) is 0 Å². The molecule has 0 bridgehead atoms. The van der Waals surface area contributed by atoms with Gasteiger partial charge in [0.1, 0.15) is 0 Å². The molecular formula is C27H24N2O2. The van der Waals surface area contributed by atoms with Crippen LogP contribution in [0.5, 0.6) is 0 Å². The number of benzene rings is 3. The van der Waals surface area contributed by atoms with Gasteiger partial charge in [-0.15, -0.1) is 0 Å². The van der Waals surface area contributed by atoms with E-state index in [1.807, 2.05) is 13.0 Å². The highest BCUT2D eigenvalue weighted by atomic mass is 16.6. The average Bonchev–Trinajstić information content (AvgIpc) is 3.07. The highest BCUT2D eigenvalue weighted by molar-refractivity contribution is 6.01. The van der Waals surface area contributed by atoms with Gasteiger partial charge in [-0.2, -0.15) is 0 Å². The number of fused-ring (bicyclic) bond motifs is 4. The van der Waals surface area contributed by atoms with Crippen LogP contribution in [0.1, 0.15) is 50.6 Å². The van der Waals surface area contributed by atoms with E-state index in [1.165, 1.54) is 5.56 Å². The molecule has 1 aliphatic carbocycles. The number of H-pyrrole nitrogens is 1. The Hall–Kier alpha value is -3.66. The monoisotopic (exact) mass is 408 g/mol. The molecule has 0 amide bonds. The molecule has 4 heteroatoms. The fraction of sp³-hybridized carbons (Fsp3) is 0.185. The second kappa shape index (κ2) is 7.24. The molecule has 1 aromatic heterocycles. The van der Waals surface area contributed by atoms with E-state index < -0.39 is 0 Å². The molecule has 1 unspecified atom stereocenters. The molecule has 0 fully saturated rings. The summed E-state index contributed by atoms with van der Waals surface area (Å²) in [5.74, 6) is -0.325. The highest BCUT2D eigenvalue weighted by Crippen LogP contribution is 2.44. The van der Waals surface area contributed by atoms with E-state index in [-0.39, 0.29) is 17.4 Å². The molecule has 1 atom stereocenters. The molecule has 31 heavy (non-hydrogen) atoms. The molecule has 0 saturated heterocycles. The van der Waals surface area contributed by atoms with Crippen LogP contribution in [0, 0.1) is 30.9 Å². The minimum atomic E-state index is -0.325. The van der Waals surface area contributed by atoms with Crippen molar-refractivity contribution in [2.24, 2.45) is 0 Å². The van der Waals surface area contributed by atoms with Gasteiger partial charge in [0.05, 0.1) is 11.6 Å². The number of aromatic nitrogens is 1. The van der Waals surface area contributed by atoms with E-state index in [2.05, 4.69) is 79.5 Å². The zero-order valence-corrected chi connectivity index (χ0v) is 17.9. The second-order valence-electron chi connectivity index (χ2n) is 8.54. The number of rotatable bonds is 3. The Kier molecular flexibility index (Phi) is 4.51. The van der Waals surface area contributed by atoms with Crippen molar-refractivity contribution in [3.05, 3.63) is 115 Å². The molecule has 0 radical (unpaired) electrons. The summed E-state index contributed by atoms with van der Waals surface area (Å²) in [6.45, 7) is 6.06. The van der Waals surface area contributed by atoms with Gasteiger partial charge in [0.25, 0.3) is 0 Å². The van der Waals surface area contributed by atoms with Crippen molar-refractivity contribution >= 4 is 22.6 Å². The maximum absolute atomic E-state index is 11.8. The Bertz CT molecular complexity index is 1360. The lowest BCUT2D eigenvalue weighted by atomic mass is 9.86. The lowest BCUT2D eigenvalue weighted by Crippen LogP contribution is -2.15. The fourth-order valence-corrected chi connectivity index (χ4v) is 4.83. The quantitative estimate of drug-likeness (QED) is 0.315. The maximum Gasteiger partial charge on any atom is 0.214 e. The Morgan fingerprint density at radius 2 is 1.71 bits per heavy atom. The van der Waals surface area contributed by atoms with Crippen molar-refractivity contribution in [3.63, 3.8) is 0 Å². The van der Waals surface area contributed by atoms with Crippen molar-refractivity contribution < 1.29 is 4.92 Å². The topological polar surface area (TPSA) is 58.9 Å². The van der Waals surface area contributed by atoms with Gasteiger partial charge >= 0.3 is 0 Å². The number of aromatic amines is 1. The predicted molar refractivity (Wildman–Crippen MR) is 126 cm³/mol. The zero-order valence-electron chi connectivity index (χ0n) is 17.9. The van der Waals surface area contributed by atoms with Crippen LogP contribution in [0.4, 0.5) is 0 Å². The molecule has 0 aliphatic heterocycles. The highest BCUT2D eigenvalue weighted by Gasteiger charge is 2.32. The summed E-state index contributed by atoms with van der Waals surface area (Å²) in [7, 11) is 0. The molecular weight excluding hydrogens is 384 g/mol. The maximum atomic E-state index is 11.8. The summed E-state index contributed by atoms with van der Waals surface area (Å²) in [6, 6.07) is 20.9. The lowest BCUT2D eigenvalue weighted by molar-refractivity contribution is -0.481. The lowest BCUT2D eigenvalue weighted by Gasteiger charge is -2.17. The normalized spacial score (nSPS) is 15.2. The third kappa shape index (κ3) is 3.25. The summed E-state index contributed by atoms with van der Waals surface area (Å²) in [5, 5.41) is 12.9. The van der Waals surface area contributed by atoms with Crippen LogP contribution >= 0.6 is 0 Å². The zero-order chi connectivity index (χ0) is 21.7. The number of nitrogens with one attached hydrogen (secondary N) is 1. The molecule has 4 aromatic rings. The van der Waals surface area contributed by atoms with E-state index in [1.54, 1.807) is 0 Å². The predicted octanol–water partition coefficient (Wildman–Crippen LogP) is 6.40. The number of aryl methyl sites for hydroxylation is 3. The first-order valence-electron chi connectivity index (χ1n) is 10.5. The standard InChI is InChI=1S/C27H24N2O2/c1-16-7-10-19(11-8-16)22-14-20-12-9-17(2)13-21(20)23(15-29(30)31)26-25-18(3)5-4-6-24(25)28-27(22)26/h4-14,23,28H,15H2,1-3H3. The summed E-state index contributed by atoms with van der Waals surface area (Å²) >= 11 is 0. The third-order valence-electron chi connectivity index (χ3n) is 6.30. The average molecular weight is 409 g/mol. The molecule has 0 spiro atoms. The van der Waals surface area contributed by atoms with Gasteiger partial charge in [-0.1, -0.05) is 65.7 Å². The van der Waals surface area contributed by atoms with Crippen LogP contribution in [0.15, 0.2) is 60.7 Å². The number of hydrogen-bond acceptors (Lipinski definition) is 2. The van der Waals surface area contributed by atoms with E-state index in [4.69, 9.17) is 0 Å². The first-order valence-corrected chi connectivity index (χ1v) is 10.5. The van der Waals surface area contributed by atoms with Gasteiger partial charge in [-0.3, -0.25) is 10.1 Å². The van der Waals surface area contributed by atoms with Gasteiger partial charge in [0.15, 0.2) is 0 Å². The number of nitrogens with zero attached hydrogens (tertiary/aromatic N) is 1. The van der Waals surface area contributed by atoms with E-state index in [0.717, 1.165) is 55.6 Å². The minimum absolute atomic E-state index is 0.139. The molecule has 4 nitrogen and oxygen atoms in total. The summed E-state index contributed by atoms with van der Waals surface area (Å²) in [6.07, 6.45) is 2.18. The van der Waals surface area contributed by atoms with E-state index in [0.29, 0.717) is 0 Å². The van der Waals surface area contributed by atoms with Gasteiger partial charge < -0.3 is 4.98 Å². The van der Waals surface area contributed by atoms with Crippen LogP contribution in [0.3, 0.4) is 0 Å². The van der Waals surface area contributed by atoms with Crippen LogP contribution in [-0.2, 0) is 0 Å². The van der Waals surface area contributed by atoms with Crippen molar-refractivity contribution in [1.29, 1.82) is 0 Å². The minimum Gasteiger partial charge on any atom is -0.354 e. The Labute approximate surface area is 181 Å². The first kappa shape index (κ1) is 19.3. The smallest absolute Gasteiger partial charge is 0.214 e. The first-order chi connectivity index (χ1) is 14.9. The van der Waals surface area contributed by atoms with Crippen molar-refractivity contribution in [2.75, 3.05) is 6.54 Å². The van der Waals surface area contributed by atoms with Crippen molar-refractivity contribution in [1.82, 2.24) is 4.98 Å². The van der Waals surface area contributed by atoms with Crippen LogP contribution in [-0.4, -0.2) is 16.5 Å². The van der Waals surface area contributed by atoms with E-state index >= 15 is 0 Å². The summed E-state index contributed by atoms with van der Waals surface area (Å²) < 4.78 is 0. The Balaban J connectivity index is 1.90. The Morgan fingerprint density at radius 3 is 2.45 bits per heavy atom. The molecule has 5 rings (SSSR count). The molecule has 1 aliphatic rings. The van der Waals surface area contributed by atoms with Gasteiger partial charge in [0.2, 0.25) is 6.54 Å². The fourth-order valence-electron chi connectivity index (χ4n) is 4.83. The van der Waals surface area contributed by atoms with Crippen molar-refractivity contribution in [3.8, 4) is 0 Å². The molecule has 154 valence electrons. The van der Waals surface area contributed by atoms with Gasteiger partial charge in [-0.25, -0.2) is 0 Å². The number of hydrogen-bond donors (Lipinski definition) is 1. The molecule has 1 heterocycles. The Morgan fingerprint density at radius 1 is 0.968 bits per heavy atom. The van der Waals surface area contributed by atoms with Gasteiger partial charge in [0, 0.05) is 21.4 Å². The van der Waals surface area contributed by atoms with Crippen LogP contribution in [0.25, 0.3) is 22.6 Å². The summed E-state index contributed by atoms with van der Waals surface area (Å²) in [5.41, 5.74) is 10.7. The largest absolute Gasteiger partial charge is 0.354 e. The van der Waals surface area contributed by atoms with Crippen LogP contribution < -0.4 is 0 Å². The molecule has 3 aromatic carbocycles. The second-order valence-corrected chi connectivity index (χ2v) is 8.54. The number of nitro groups is 1. The van der Waals surface area contributed by atoms with E-state index in [9.17, 15) is 10.1 Å². The molecule has 1 N–H and O–H groups in total.